The molecule has 16 atom stereocenters. The van der Waals surface area contributed by atoms with Crippen LogP contribution in [0.2, 0.25) is 0 Å². The van der Waals surface area contributed by atoms with Crippen LogP contribution in [0, 0.1) is 11.8 Å². The number of aliphatic carboxylic acids is 1. The van der Waals surface area contributed by atoms with Crippen LogP contribution in [0.5, 0.6) is 0 Å². The number of carbonyl (C=O) groups excluding carboxylic acids is 18. The number of carboxylic acid groups (broad SMARTS) is 1. The molecule has 122 heavy (non-hydrogen) atoms. The number of hydrogen-bond donors (Lipinski definition) is 27. The molecule has 0 unspecified atom stereocenters. The van der Waals surface area contributed by atoms with Crippen molar-refractivity contribution in [1.29, 1.82) is 0 Å². The molecule has 1 rings (SSSR count). The van der Waals surface area contributed by atoms with E-state index in [9.17, 15) is 106 Å². The lowest BCUT2D eigenvalue weighted by Gasteiger charge is -2.31. The minimum absolute atomic E-state index is 0.0158. The minimum Gasteiger partial charge on any atom is -0.481 e. The molecule has 1 aliphatic heterocycles. The Hall–Kier alpha value is -11.1. The average molecular weight is 1740 g/mol. The number of primary amides is 4. The Labute approximate surface area is 707 Å². The standard InChI is InChI=1S/C74H134N26O22/c1-6-39(4)58(72(121)87-36-56(106)88-42(21-15-31-86-74(84)85)62(111)89-43(18-8-12-28-76)63(112)91-45(20-10-14-30-78)66(115)99-59(40(5)102)60(83)109)98-69(118)48(33-38(2)3)96-71(120)52-22-16-32-100(52)73(122)47(24-26-57(107)108)93-70(119)51(37-101)97-64(113)44(19-9-13-29-77)90-65(114)46(23-25-53(80)103)92-67(116)50(35-55(82)105)95-68(117)49(34-54(81)104)94-61(110)41(79)17-7-11-27-75/h38-52,58-59,101-102H,6-37,75-79H2,1-5H3,(H2,80,103)(H2,81,104)(H2,82,105)(H2,83,109)(H,87,121)(H,88,106)(H,89,111)(H,90,114)(H,91,112)(H,92,116)(H,93,119)(H,94,110)(H,95,117)(H,96,120)(H,97,113)(H,98,118)(H,99,115)(H,107,108)(H4,84,85,86)/t39-,40+,41-,42-,43-,44-,45-,46-,47-,48-,49-,50-,51-,52-,58-,59-/m0/s1. The zero-order chi connectivity index (χ0) is 92.5. The Morgan fingerprint density at radius 2 is 0.828 bits per heavy atom. The van der Waals surface area contributed by atoms with Crippen molar-refractivity contribution in [2.45, 2.75) is 279 Å². The molecule has 692 valence electrons. The molecule has 0 radical (unpaired) electrons. The highest BCUT2D eigenvalue weighted by atomic mass is 16.4. The van der Waals surface area contributed by atoms with E-state index in [0.29, 0.717) is 45.1 Å². The molecule has 48 nitrogen and oxygen atoms in total. The SMILES string of the molecule is CC[C@H](C)[C@H](NC(=O)[C@H](CC(C)C)NC(=O)[C@@H]1CCCN1C(=O)[C@H](CCC(=O)O)NC(=O)[C@H](CO)NC(=O)[C@H](CCCCN)NC(=O)[C@H](CCC(N)=O)NC(=O)[C@H](CC(N)=O)NC(=O)[C@H](CC(N)=O)NC(=O)[C@@H](N)CCCCN)C(=O)NCC(=O)N[C@@H](CCCN=C(N)N)C(=O)N[C@@H](CCCCN)C(=O)N[C@@H](CCCCN)C(=O)N[C@H](C(N)=O)[C@@H](C)O. The van der Waals surface area contributed by atoms with Crippen molar-refractivity contribution in [1.82, 2.24) is 74.0 Å². The van der Waals surface area contributed by atoms with Crippen molar-refractivity contribution in [2.75, 3.05) is 52.4 Å². The second-order valence-electron chi connectivity index (χ2n) is 30.4. The summed E-state index contributed by atoms with van der Waals surface area (Å²) in [7, 11) is 0. The summed E-state index contributed by atoms with van der Waals surface area (Å²) < 4.78 is 0. The maximum atomic E-state index is 14.7. The van der Waals surface area contributed by atoms with Crippen LogP contribution in [0.1, 0.15) is 189 Å². The zero-order valence-electron chi connectivity index (χ0n) is 70.3. The molecular weight excluding hydrogens is 1600 g/mol. The van der Waals surface area contributed by atoms with Crippen molar-refractivity contribution in [3.63, 3.8) is 0 Å². The summed E-state index contributed by atoms with van der Waals surface area (Å²) in [5, 5.41) is 62.3. The van der Waals surface area contributed by atoms with Crippen molar-refractivity contribution in [3.05, 3.63) is 0 Å². The molecule has 0 aromatic rings. The van der Waals surface area contributed by atoms with Crippen LogP contribution in [0.25, 0.3) is 0 Å². The van der Waals surface area contributed by atoms with E-state index in [1.807, 2.05) is 0 Å². The number of carboxylic acids is 1. The fourth-order valence-electron chi connectivity index (χ4n) is 12.6. The van der Waals surface area contributed by atoms with Crippen LogP contribution in [0.4, 0.5) is 0 Å². The fourth-order valence-corrected chi connectivity index (χ4v) is 12.6. The van der Waals surface area contributed by atoms with E-state index in [1.165, 1.54) is 6.92 Å². The number of nitrogens with two attached hydrogens (primary N) is 11. The molecule has 0 bridgehead atoms. The van der Waals surface area contributed by atoms with Gasteiger partial charge in [0.1, 0.15) is 78.5 Å². The Morgan fingerprint density at radius 3 is 1.25 bits per heavy atom. The van der Waals surface area contributed by atoms with E-state index >= 15 is 0 Å². The van der Waals surface area contributed by atoms with Gasteiger partial charge < -0.3 is 152 Å². The zero-order valence-corrected chi connectivity index (χ0v) is 70.3. The largest absolute Gasteiger partial charge is 0.481 e. The van der Waals surface area contributed by atoms with E-state index in [-0.39, 0.29) is 122 Å². The average Bonchev–Trinajstić information content (AvgIpc) is 1.65. The number of hydrogen-bond acceptors (Lipinski definition) is 27. The van der Waals surface area contributed by atoms with E-state index in [4.69, 9.17) is 63.1 Å². The number of rotatable bonds is 64. The molecule has 1 fully saturated rings. The first-order chi connectivity index (χ1) is 57.5. The maximum absolute atomic E-state index is 14.7. The van der Waals surface area contributed by atoms with Gasteiger partial charge in [0.25, 0.3) is 0 Å². The summed E-state index contributed by atoms with van der Waals surface area (Å²) in [6.07, 6.45) is -2.90. The van der Waals surface area contributed by atoms with Crippen LogP contribution < -0.4 is 132 Å². The van der Waals surface area contributed by atoms with Gasteiger partial charge >= 0.3 is 5.97 Å². The third-order valence-corrected chi connectivity index (χ3v) is 19.6. The molecule has 1 aliphatic rings. The van der Waals surface area contributed by atoms with Gasteiger partial charge in [0.15, 0.2) is 5.96 Å². The molecule has 0 spiro atoms. The molecule has 48 heteroatoms. The molecule has 18 amide bonds. The first kappa shape index (κ1) is 109. The quantitative estimate of drug-likeness (QED) is 0.0153. The lowest BCUT2D eigenvalue weighted by Crippen LogP contribution is -2.61. The van der Waals surface area contributed by atoms with Gasteiger partial charge in [-0.15, -0.1) is 0 Å². The molecule has 1 heterocycles. The van der Waals surface area contributed by atoms with Crippen molar-refractivity contribution in [3.8, 4) is 0 Å². The van der Waals surface area contributed by atoms with Crippen molar-refractivity contribution in [2.24, 2.45) is 79.9 Å². The number of carbonyl (C=O) groups is 19. The Balaban J connectivity index is 3.60. The van der Waals surface area contributed by atoms with E-state index in [0.717, 1.165) is 4.90 Å². The van der Waals surface area contributed by atoms with Crippen LogP contribution in [0.3, 0.4) is 0 Å². The number of amides is 18. The number of aliphatic hydroxyl groups excluding tert-OH is 2. The van der Waals surface area contributed by atoms with Gasteiger partial charge in [0.05, 0.1) is 38.1 Å². The van der Waals surface area contributed by atoms with E-state index < -0.39 is 261 Å². The van der Waals surface area contributed by atoms with Gasteiger partial charge in [-0.1, -0.05) is 40.5 Å². The first-order valence-corrected chi connectivity index (χ1v) is 41.0. The number of aliphatic imine (C=N–C) groups is 1. The van der Waals surface area contributed by atoms with Crippen LogP contribution in [-0.2, 0) is 91.1 Å². The summed E-state index contributed by atoms with van der Waals surface area (Å²) in [5.41, 5.74) is 61.3. The summed E-state index contributed by atoms with van der Waals surface area (Å²) in [6, 6.07) is -21.9. The number of aliphatic hydroxyl groups is 2. The lowest BCUT2D eigenvalue weighted by atomic mass is 9.96. The predicted molar refractivity (Wildman–Crippen MR) is 440 cm³/mol. The predicted octanol–water partition coefficient (Wildman–Crippen LogP) is -11.4. The second kappa shape index (κ2) is 58.8. The highest BCUT2D eigenvalue weighted by Crippen LogP contribution is 2.22. The number of nitrogens with one attached hydrogen (secondary N) is 13. The van der Waals surface area contributed by atoms with Gasteiger partial charge in [-0.05, 0) is 161 Å². The Bertz CT molecular complexity index is 3520. The summed E-state index contributed by atoms with van der Waals surface area (Å²) >= 11 is 0. The highest BCUT2D eigenvalue weighted by Gasteiger charge is 2.42. The summed E-state index contributed by atoms with van der Waals surface area (Å²) in [5.74, 6) is -21.3. The molecule has 1 saturated heterocycles. The minimum atomic E-state index is -1.97. The molecule has 0 aromatic carbocycles. The normalized spacial score (nSPS) is 16.1. The summed E-state index contributed by atoms with van der Waals surface area (Å²) in [6.45, 7) is 6.63. The Kier molecular flexibility index (Phi) is 52.5. The number of unbranched alkanes of at least 4 members (excludes halogenated alkanes) is 4. The molecular formula is C74H134N26O22. The maximum Gasteiger partial charge on any atom is 0.303 e. The number of nitrogens with zero attached hydrogens (tertiary/aromatic N) is 2. The lowest BCUT2D eigenvalue weighted by molar-refractivity contribution is -0.144. The molecule has 0 aliphatic carbocycles. The van der Waals surface area contributed by atoms with Gasteiger partial charge in [0.2, 0.25) is 106 Å². The van der Waals surface area contributed by atoms with Crippen LogP contribution in [0.15, 0.2) is 4.99 Å². The molecule has 0 saturated carbocycles. The fraction of sp³-hybridized carbons (Fsp3) is 0.730. The number of guanidine groups is 1. The van der Waals surface area contributed by atoms with E-state index in [2.05, 4.69) is 74.1 Å². The second-order valence-corrected chi connectivity index (χ2v) is 30.4. The molecule has 38 N–H and O–H groups in total. The van der Waals surface area contributed by atoms with Gasteiger partial charge in [-0.2, -0.15) is 0 Å². The van der Waals surface area contributed by atoms with Crippen molar-refractivity contribution < 1.29 is 106 Å². The van der Waals surface area contributed by atoms with Crippen molar-refractivity contribution >= 4 is 118 Å². The first-order valence-electron chi connectivity index (χ1n) is 41.0. The highest BCUT2D eigenvalue weighted by molar-refractivity contribution is 6.02. The molecule has 0 aromatic heterocycles. The monoisotopic (exact) mass is 1740 g/mol. The smallest absolute Gasteiger partial charge is 0.303 e. The topological polar surface area (TPSA) is 843 Å². The Morgan fingerprint density at radius 1 is 0.434 bits per heavy atom. The van der Waals surface area contributed by atoms with Gasteiger partial charge in [-0.25, -0.2) is 0 Å². The third-order valence-electron chi connectivity index (χ3n) is 19.6. The number of likely N-dealkylation sites (tertiary alicyclic amines) is 1. The summed E-state index contributed by atoms with van der Waals surface area (Å²) in [4.78, 5) is 262. The van der Waals surface area contributed by atoms with Crippen LogP contribution in [-0.4, -0.2) is 282 Å². The van der Waals surface area contributed by atoms with Gasteiger partial charge in [-0.3, -0.25) is 96.1 Å². The van der Waals surface area contributed by atoms with Gasteiger partial charge in [0, 0.05) is 25.9 Å². The van der Waals surface area contributed by atoms with E-state index in [1.54, 1.807) is 27.7 Å². The third kappa shape index (κ3) is 42.4. The van der Waals surface area contributed by atoms with Crippen LogP contribution >= 0.6 is 0 Å².